The van der Waals surface area contributed by atoms with Gasteiger partial charge in [-0.3, -0.25) is 4.99 Å². The van der Waals surface area contributed by atoms with E-state index < -0.39 is 0 Å². The van der Waals surface area contributed by atoms with Crippen LogP contribution in [0.2, 0.25) is 0 Å². The second kappa shape index (κ2) is 9.75. The first-order valence-electron chi connectivity index (χ1n) is 10.6. The van der Waals surface area contributed by atoms with Gasteiger partial charge in [0.2, 0.25) is 11.6 Å². The molecule has 33 heavy (non-hydrogen) atoms. The number of fused-ring (bicyclic) bond motifs is 1. The maximum Gasteiger partial charge on any atom is 0.231 e. The highest BCUT2D eigenvalue weighted by molar-refractivity contribution is 7.07. The molecule has 0 unspecified atom stereocenters. The highest BCUT2D eigenvalue weighted by atomic mass is 32.1. The summed E-state index contributed by atoms with van der Waals surface area (Å²) in [6, 6.07) is 24.1. The molecule has 0 aliphatic carbocycles. The average molecular weight is 458 g/mol. The molecule has 6 nitrogen and oxygen atoms in total. The molecule has 0 saturated carbocycles. The highest BCUT2D eigenvalue weighted by Crippen LogP contribution is 2.32. The van der Waals surface area contributed by atoms with E-state index in [1.54, 1.807) is 18.4 Å². The van der Waals surface area contributed by atoms with Crippen molar-refractivity contribution in [1.82, 2.24) is 4.68 Å². The zero-order valence-corrected chi connectivity index (χ0v) is 19.0. The van der Waals surface area contributed by atoms with Crippen molar-refractivity contribution in [3.05, 3.63) is 94.1 Å². The molecule has 3 aromatic carbocycles. The van der Waals surface area contributed by atoms with Gasteiger partial charge < -0.3 is 14.2 Å². The normalized spacial score (nSPS) is 13.1. The van der Waals surface area contributed by atoms with Gasteiger partial charge >= 0.3 is 0 Å². The Balaban J connectivity index is 1.47. The fraction of sp³-hybridized carbons (Fsp3) is 0.154. The van der Waals surface area contributed by atoms with Crippen LogP contribution in [0.25, 0.3) is 11.3 Å². The van der Waals surface area contributed by atoms with Gasteiger partial charge in [-0.2, -0.15) is 5.10 Å². The Morgan fingerprint density at radius 3 is 2.64 bits per heavy atom. The quantitative estimate of drug-likeness (QED) is 0.368. The lowest BCUT2D eigenvalue weighted by Gasteiger charge is -2.05. The number of aromatic nitrogens is 1. The van der Waals surface area contributed by atoms with Crippen molar-refractivity contribution in [3.63, 3.8) is 0 Å². The Labute approximate surface area is 196 Å². The third-order valence-corrected chi connectivity index (χ3v) is 6.13. The van der Waals surface area contributed by atoms with Crippen LogP contribution < -0.4 is 19.0 Å². The van der Waals surface area contributed by atoms with E-state index in [2.05, 4.69) is 29.6 Å². The molecule has 1 aliphatic rings. The molecule has 0 N–H and O–H groups in total. The summed E-state index contributed by atoms with van der Waals surface area (Å²) in [5.41, 5.74) is 4.20. The first kappa shape index (κ1) is 21.0. The zero-order valence-electron chi connectivity index (χ0n) is 18.2. The van der Waals surface area contributed by atoms with Gasteiger partial charge in [0.1, 0.15) is 5.75 Å². The largest absolute Gasteiger partial charge is 0.497 e. The van der Waals surface area contributed by atoms with E-state index in [-0.39, 0.29) is 6.79 Å². The maximum atomic E-state index is 5.49. The lowest BCUT2D eigenvalue weighted by molar-refractivity contribution is 0.174. The van der Waals surface area contributed by atoms with Crippen LogP contribution in [0.4, 0.5) is 0 Å². The molecule has 0 amide bonds. The molecule has 2 heterocycles. The summed E-state index contributed by atoms with van der Waals surface area (Å²) in [5, 5.41) is 6.87. The van der Waals surface area contributed by atoms with Crippen molar-refractivity contribution < 1.29 is 14.2 Å². The lowest BCUT2D eigenvalue weighted by atomic mass is 10.1. The lowest BCUT2D eigenvalue weighted by Crippen LogP contribution is -2.13. The van der Waals surface area contributed by atoms with E-state index in [9.17, 15) is 0 Å². The summed E-state index contributed by atoms with van der Waals surface area (Å²) in [7, 11) is 1.67. The van der Waals surface area contributed by atoms with Crippen molar-refractivity contribution in [2.24, 2.45) is 10.1 Å². The van der Waals surface area contributed by atoms with E-state index in [1.165, 1.54) is 5.56 Å². The number of nitrogens with zero attached hydrogens (tertiary/aromatic N) is 3. The highest BCUT2D eigenvalue weighted by Gasteiger charge is 2.13. The number of methoxy groups -OCH3 is 1. The second-order valence-electron chi connectivity index (χ2n) is 7.42. The summed E-state index contributed by atoms with van der Waals surface area (Å²) in [5.74, 6) is 2.31. The minimum absolute atomic E-state index is 0.251. The third-order valence-electron chi connectivity index (χ3n) is 5.28. The fourth-order valence-corrected chi connectivity index (χ4v) is 4.39. The third kappa shape index (κ3) is 4.83. The number of hydrogen-bond acceptors (Lipinski definition) is 6. The van der Waals surface area contributed by atoms with Crippen LogP contribution in [0.15, 0.2) is 88.3 Å². The van der Waals surface area contributed by atoms with Gasteiger partial charge in [0.05, 0.1) is 19.0 Å². The van der Waals surface area contributed by atoms with Gasteiger partial charge in [-0.25, -0.2) is 4.68 Å². The van der Waals surface area contributed by atoms with Crippen molar-refractivity contribution in [2.75, 3.05) is 20.4 Å². The molecule has 7 heteroatoms. The molecular weight excluding hydrogens is 434 g/mol. The Hall–Kier alpha value is -3.84. The first-order chi connectivity index (χ1) is 16.3. The topological polar surface area (TPSA) is 57.3 Å². The predicted molar refractivity (Wildman–Crippen MR) is 130 cm³/mol. The van der Waals surface area contributed by atoms with Crippen molar-refractivity contribution in [1.29, 1.82) is 0 Å². The van der Waals surface area contributed by atoms with E-state index in [0.717, 1.165) is 45.3 Å². The predicted octanol–water partition coefficient (Wildman–Crippen LogP) is 4.98. The summed E-state index contributed by atoms with van der Waals surface area (Å²) in [4.78, 5) is 5.69. The molecule has 4 aromatic rings. The minimum atomic E-state index is 0.251. The van der Waals surface area contributed by atoms with Crippen LogP contribution in [0.1, 0.15) is 11.1 Å². The number of benzene rings is 3. The molecule has 0 radical (unpaired) electrons. The van der Waals surface area contributed by atoms with Crippen LogP contribution in [-0.2, 0) is 6.42 Å². The van der Waals surface area contributed by atoms with E-state index in [0.29, 0.717) is 6.54 Å². The van der Waals surface area contributed by atoms with Gasteiger partial charge in [-0.1, -0.05) is 30.3 Å². The number of hydrogen-bond donors (Lipinski definition) is 0. The van der Waals surface area contributed by atoms with Crippen LogP contribution in [-0.4, -0.2) is 31.3 Å². The number of ether oxygens (including phenoxy) is 3. The van der Waals surface area contributed by atoms with Crippen molar-refractivity contribution in [2.45, 2.75) is 6.42 Å². The molecule has 5 rings (SSSR count). The molecule has 0 saturated heterocycles. The van der Waals surface area contributed by atoms with Crippen LogP contribution >= 0.6 is 11.3 Å². The van der Waals surface area contributed by atoms with Crippen LogP contribution in [0.5, 0.6) is 17.2 Å². The first-order valence-corrected chi connectivity index (χ1v) is 11.5. The van der Waals surface area contributed by atoms with E-state index >= 15 is 0 Å². The standard InChI is InChI=1S/C26H23N3O3S/c1-30-22-10-8-21(9-11-22)23-17-33-26(27-14-13-19-5-3-2-4-6-19)29(23)28-16-20-7-12-24-25(15-20)32-18-31-24/h2-12,15-17H,13-14,18H2,1H3. The van der Waals surface area contributed by atoms with Gasteiger partial charge in [0.25, 0.3) is 0 Å². The smallest absolute Gasteiger partial charge is 0.231 e. The number of thiazole rings is 1. The Kier molecular flexibility index (Phi) is 6.21. The molecule has 166 valence electrons. The zero-order chi connectivity index (χ0) is 22.5. The molecule has 0 fully saturated rings. The Morgan fingerprint density at radius 1 is 1.00 bits per heavy atom. The van der Waals surface area contributed by atoms with Gasteiger partial charge in [-0.15, -0.1) is 11.3 Å². The van der Waals surface area contributed by atoms with Crippen molar-refractivity contribution >= 4 is 17.6 Å². The van der Waals surface area contributed by atoms with Gasteiger partial charge in [-0.05, 0) is 60.0 Å². The minimum Gasteiger partial charge on any atom is -0.497 e. The van der Waals surface area contributed by atoms with E-state index in [4.69, 9.17) is 24.3 Å². The number of rotatable bonds is 7. The molecule has 0 bridgehead atoms. The summed E-state index contributed by atoms with van der Waals surface area (Å²) < 4.78 is 18.1. The van der Waals surface area contributed by atoms with Crippen LogP contribution in [0, 0.1) is 0 Å². The van der Waals surface area contributed by atoms with Gasteiger partial charge in [0.15, 0.2) is 11.5 Å². The average Bonchev–Trinajstić information content (AvgIpc) is 3.50. The van der Waals surface area contributed by atoms with Gasteiger partial charge in [0, 0.05) is 17.5 Å². The SMILES string of the molecule is COc1ccc(-c2csc(=NCCc3ccccc3)n2N=Cc2ccc3c(c2)OCO3)cc1. The molecule has 0 spiro atoms. The molecule has 1 aliphatic heterocycles. The van der Waals surface area contributed by atoms with Crippen LogP contribution in [0.3, 0.4) is 0 Å². The Bertz CT molecular complexity index is 1330. The summed E-state index contributed by atoms with van der Waals surface area (Å²) >= 11 is 1.58. The monoisotopic (exact) mass is 457 g/mol. The molecular formula is C26H23N3O3S. The second-order valence-corrected chi connectivity index (χ2v) is 8.25. The fourth-order valence-electron chi connectivity index (χ4n) is 3.52. The Morgan fingerprint density at radius 2 is 1.82 bits per heavy atom. The molecule has 0 atom stereocenters. The van der Waals surface area contributed by atoms with E-state index in [1.807, 2.05) is 59.4 Å². The maximum absolute atomic E-state index is 5.49. The van der Waals surface area contributed by atoms with Crippen molar-refractivity contribution in [3.8, 4) is 28.5 Å². The summed E-state index contributed by atoms with van der Waals surface area (Å²) in [6.45, 7) is 0.938. The molecule has 1 aromatic heterocycles. The summed E-state index contributed by atoms with van der Waals surface area (Å²) in [6.07, 6.45) is 2.69.